The average Bonchev–Trinajstić information content (AvgIpc) is 2.50. The third-order valence-corrected chi connectivity index (χ3v) is 5.75. The summed E-state index contributed by atoms with van der Waals surface area (Å²) in [5.41, 5.74) is 0. The molecular formula is C17H31NO. The van der Waals surface area contributed by atoms with E-state index in [1.807, 2.05) is 0 Å². The van der Waals surface area contributed by atoms with E-state index >= 15 is 0 Å². The van der Waals surface area contributed by atoms with Crippen LogP contribution in [0.4, 0.5) is 0 Å². The van der Waals surface area contributed by atoms with Crippen molar-refractivity contribution >= 4 is 0 Å². The Bertz CT molecular complexity index is 256. The van der Waals surface area contributed by atoms with Crippen molar-refractivity contribution in [3.8, 4) is 0 Å². The molecule has 3 aliphatic rings. The maximum absolute atomic E-state index is 5.49. The Hall–Kier alpha value is -0.0800. The van der Waals surface area contributed by atoms with Crippen LogP contribution in [0, 0.1) is 11.8 Å². The Balaban J connectivity index is 1.56. The van der Waals surface area contributed by atoms with Gasteiger partial charge in [0.25, 0.3) is 0 Å². The fraction of sp³-hybridized carbons (Fsp3) is 1.00. The number of rotatable bonds is 3. The van der Waals surface area contributed by atoms with Gasteiger partial charge in [-0.2, -0.15) is 0 Å². The van der Waals surface area contributed by atoms with Crippen LogP contribution in [0.2, 0.25) is 0 Å². The summed E-state index contributed by atoms with van der Waals surface area (Å²) in [5.74, 6) is 2.02. The third kappa shape index (κ3) is 3.72. The van der Waals surface area contributed by atoms with E-state index in [0.29, 0.717) is 0 Å². The summed E-state index contributed by atoms with van der Waals surface area (Å²) in [4.78, 5) is 0. The molecule has 0 bridgehead atoms. The highest BCUT2D eigenvalue weighted by Gasteiger charge is 2.33. The molecule has 2 atom stereocenters. The first-order valence-electron chi connectivity index (χ1n) is 8.77. The second-order valence-electron chi connectivity index (χ2n) is 7.01. The molecule has 1 heterocycles. The lowest BCUT2D eigenvalue weighted by atomic mass is 9.70. The summed E-state index contributed by atoms with van der Waals surface area (Å²) < 4.78 is 5.49. The SMILES string of the molecule is C1CCC(C2CCCCC2NC2CCOCC2)CC1. The van der Waals surface area contributed by atoms with Gasteiger partial charge in [-0.05, 0) is 37.5 Å². The van der Waals surface area contributed by atoms with Crippen LogP contribution in [0.1, 0.15) is 70.6 Å². The highest BCUT2D eigenvalue weighted by molar-refractivity contribution is 4.89. The second-order valence-corrected chi connectivity index (χ2v) is 7.01. The van der Waals surface area contributed by atoms with Crippen molar-refractivity contribution in [1.29, 1.82) is 0 Å². The fourth-order valence-corrected chi connectivity index (χ4v) is 4.66. The van der Waals surface area contributed by atoms with Gasteiger partial charge >= 0.3 is 0 Å². The largest absolute Gasteiger partial charge is 0.381 e. The minimum absolute atomic E-state index is 0.739. The molecule has 2 nitrogen and oxygen atoms in total. The minimum atomic E-state index is 0.739. The Kier molecular flexibility index (Phi) is 5.17. The van der Waals surface area contributed by atoms with Crippen LogP contribution in [-0.4, -0.2) is 25.3 Å². The molecule has 2 unspecified atom stereocenters. The first-order chi connectivity index (χ1) is 9.43. The third-order valence-electron chi connectivity index (χ3n) is 5.75. The summed E-state index contributed by atoms with van der Waals surface area (Å²) in [6, 6.07) is 1.56. The highest BCUT2D eigenvalue weighted by Crippen LogP contribution is 2.38. The Morgan fingerprint density at radius 2 is 1.37 bits per heavy atom. The smallest absolute Gasteiger partial charge is 0.0480 e. The molecule has 0 radical (unpaired) electrons. The number of nitrogens with one attached hydrogen (secondary N) is 1. The zero-order valence-electron chi connectivity index (χ0n) is 12.4. The van der Waals surface area contributed by atoms with Crippen LogP contribution in [0.15, 0.2) is 0 Å². The van der Waals surface area contributed by atoms with Crippen molar-refractivity contribution in [2.24, 2.45) is 11.8 Å². The number of hydrogen-bond acceptors (Lipinski definition) is 2. The molecule has 19 heavy (non-hydrogen) atoms. The molecule has 3 fully saturated rings. The molecular weight excluding hydrogens is 234 g/mol. The molecule has 110 valence electrons. The predicted molar refractivity (Wildman–Crippen MR) is 79.3 cm³/mol. The van der Waals surface area contributed by atoms with Crippen molar-refractivity contribution in [1.82, 2.24) is 5.32 Å². The van der Waals surface area contributed by atoms with Crippen LogP contribution in [0.25, 0.3) is 0 Å². The predicted octanol–water partition coefficient (Wildman–Crippen LogP) is 3.89. The highest BCUT2D eigenvalue weighted by atomic mass is 16.5. The van der Waals surface area contributed by atoms with E-state index in [-0.39, 0.29) is 0 Å². The van der Waals surface area contributed by atoms with Crippen molar-refractivity contribution in [2.75, 3.05) is 13.2 Å². The van der Waals surface area contributed by atoms with Gasteiger partial charge in [0.05, 0.1) is 0 Å². The van der Waals surface area contributed by atoms with Crippen LogP contribution in [0.3, 0.4) is 0 Å². The van der Waals surface area contributed by atoms with E-state index in [1.165, 1.54) is 70.6 Å². The van der Waals surface area contributed by atoms with E-state index < -0.39 is 0 Å². The summed E-state index contributed by atoms with van der Waals surface area (Å²) in [6.07, 6.45) is 15.8. The molecule has 3 rings (SSSR count). The summed E-state index contributed by atoms with van der Waals surface area (Å²) in [7, 11) is 0. The van der Waals surface area contributed by atoms with Crippen molar-refractivity contribution < 1.29 is 4.74 Å². The van der Waals surface area contributed by atoms with Crippen molar-refractivity contribution in [3.05, 3.63) is 0 Å². The normalized spacial score (nSPS) is 35.4. The molecule has 0 aromatic carbocycles. The van der Waals surface area contributed by atoms with Crippen molar-refractivity contribution in [3.63, 3.8) is 0 Å². The van der Waals surface area contributed by atoms with Crippen LogP contribution in [-0.2, 0) is 4.74 Å². The van der Waals surface area contributed by atoms with E-state index in [1.54, 1.807) is 0 Å². The monoisotopic (exact) mass is 265 g/mol. The van der Waals surface area contributed by atoms with E-state index in [9.17, 15) is 0 Å². The molecule has 2 saturated carbocycles. The average molecular weight is 265 g/mol. The molecule has 0 amide bonds. The zero-order valence-corrected chi connectivity index (χ0v) is 12.4. The van der Waals surface area contributed by atoms with Crippen molar-refractivity contribution in [2.45, 2.75) is 82.7 Å². The Labute approximate surface area is 118 Å². The molecule has 0 aromatic rings. The first kappa shape index (κ1) is 13.9. The summed E-state index contributed by atoms with van der Waals surface area (Å²) in [5, 5.41) is 4.03. The fourth-order valence-electron chi connectivity index (χ4n) is 4.66. The molecule has 0 spiro atoms. The topological polar surface area (TPSA) is 21.3 Å². The molecule has 2 heteroatoms. The van der Waals surface area contributed by atoms with Gasteiger partial charge in [-0.1, -0.05) is 44.9 Å². The van der Waals surface area contributed by atoms with Gasteiger partial charge in [0.1, 0.15) is 0 Å². The maximum Gasteiger partial charge on any atom is 0.0480 e. The minimum Gasteiger partial charge on any atom is -0.381 e. The van der Waals surface area contributed by atoms with E-state index in [2.05, 4.69) is 5.32 Å². The van der Waals surface area contributed by atoms with Crippen LogP contribution < -0.4 is 5.32 Å². The Morgan fingerprint density at radius 3 is 2.16 bits per heavy atom. The maximum atomic E-state index is 5.49. The van der Waals surface area contributed by atoms with Gasteiger partial charge in [-0.3, -0.25) is 0 Å². The van der Waals surface area contributed by atoms with Gasteiger partial charge in [-0.25, -0.2) is 0 Å². The lowest BCUT2D eigenvalue weighted by Gasteiger charge is -2.41. The quantitative estimate of drug-likeness (QED) is 0.836. The van der Waals surface area contributed by atoms with Gasteiger partial charge in [0.15, 0.2) is 0 Å². The summed E-state index contributed by atoms with van der Waals surface area (Å²) >= 11 is 0. The lowest BCUT2D eigenvalue weighted by Crippen LogP contribution is -2.48. The van der Waals surface area contributed by atoms with Crippen LogP contribution in [0.5, 0.6) is 0 Å². The molecule has 0 aromatic heterocycles. The number of hydrogen-bond donors (Lipinski definition) is 1. The summed E-state index contributed by atoms with van der Waals surface area (Å²) in [6.45, 7) is 1.94. The number of ether oxygens (including phenoxy) is 1. The van der Waals surface area contributed by atoms with Gasteiger partial charge in [0.2, 0.25) is 0 Å². The molecule has 2 aliphatic carbocycles. The second kappa shape index (κ2) is 7.08. The molecule has 1 aliphatic heterocycles. The van der Waals surface area contributed by atoms with E-state index in [0.717, 1.165) is 37.1 Å². The Morgan fingerprint density at radius 1 is 0.684 bits per heavy atom. The van der Waals surface area contributed by atoms with Gasteiger partial charge < -0.3 is 10.1 Å². The van der Waals surface area contributed by atoms with Crippen LogP contribution >= 0.6 is 0 Å². The molecule has 1 saturated heterocycles. The van der Waals surface area contributed by atoms with Gasteiger partial charge in [-0.15, -0.1) is 0 Å². The zero-order chi connectivity index (χ0) is 12.9. The van der Waals surface area contributed by atoms with Gasteiger partial charge in [0, 0.05) is 25.3 Å². The molecule has 1 N–H and O–H groups in total. The lowest BCUT2D eigenvalue weighted by molar-refractivity contribution is 0.0627. The van der Waals surface area contributed by atoms with E-state index in [4.69, 9.17) is 4.74 Å². The standard InChI is InChI=1S/C17H31NO/c1-2-6-14(7-3-1)16-8-4-5-9-17(16)18-15-10-12-19-13-11-15/h14-18H,1-13H2. The first-order valence-corrected chi connectivity index (χ1v) is 8.77.